The zero-order chi connectivity index (χ0) is 14.8. The highest BCUT2D eigenvalue weighted by molar-refractivity contribution is 5.86. The molecule has 0 aliphatic rings. The summed E-state index contributed by atoms with van der Waals surface area (Å²) in [6.07, 6.45) is 0. The van der Waals surface area contributed by atoms with Crippen molar-refractivity contribution >= 4 is 10.8 Å². The Kier molecular flexibility index (Phi) is 3.36. The third kappa shape index (κ3) is 2.25. The molecule has 21 heavy (non-hydrogen) atoms. The Balaban J connectivity index is 2.28. The number of hydrogen-bond donors (Lipinski definition) is 1. The molecule has 4 nitrogen and oxygen atoms in total. The first-order valence-corrected chi connectivity index (χ1v) is 6.58. The SMILES string of the molecule is COc1cccc(-c2cc3ccccc3c(=O)[nH]2)c1OC. The average molecular weight is 281 g/mol. The van der Waals surface area contributed by atoms with E-state index in [9.17, 15) is 4.79 Å². The molecule has 0 saturated heterocycles. The maximum atomic E-state index is 12.2. The number of ether oxygens (including phenoxy) is 2. The maximum absolute atomic E-state index is 12.2. The van der Waals surface area contributed by atoms with Gasteiger partial charge in [-0.25, -0.2) is 0 Å². The number of hydrogen-bond acceptors (Lipinski definition) is 3. The predicted molar refractivity (Wildman–Crippen MR) is 83.1 cm³/mol. The number of methoxy groups -OCH3 is 2. The number of H-pyrrole nitrogens is 1. The van der Waals surface area contributed by atoms with E-state index >= 15 is 0 Å². The minimum Gasteiger partial charge on any atom is -0.493 e. The van der Waals surface area contributed by atoms with Crippen molar-refractivity contribution < 1.29 is 9.47 Å². The predicted octanol–water partition coefficient (Wildman–Crippen LogP) is 3.21. The third-order valence-electron chi connectivity index (χ3n) is 3.45. The number of para-hydroxylation sites is 1. The van der Waals surface area contributed by atoms with Gasteiger partial charge in [0.05, 0.1) is 19.9 Å². The highest BCUT2D eigenvalue weighted by Crippen LogP contribution is 2.37. The van der Waals surface area contributed by atoms with Crippen molar-refractivity contribution in [1.29, 1.82) is 0 Å². The molecule has 0 aliphatic heterocycles. The summed E-state index contributed by atoms with van der Waals surface area (Å²) < 4.78 is 10.7. The zero-order valence-electron chi connectivity index (χ0n) is 11.8. The molecule has 4 heteroatoms. The van der Waals surface area contributed by atoms with E-state index in [0.717, 1.165) is 10.9 Å². The normalized spacial score (nSPS) is 10.6. The van der Waals surface area contributed by atoms with E-state index in [-0.39, 0.29) is 5.56 Å². The fourth-order valence-corrected chi connectivity index (χ4v) is 2.46. The van der Waals surface area contributed by atoms with Crippen LogP contribution in [0.5, 0.6) is 11.5 Å². The lowest BCUT2D eigenvalue weighted by Crippen LogP contribution is -2.07. The van der Waals surface area contributed by atoms with E-state index < -0.39 is 0 Å². The lowest BCUT2D eigenvalue weighted by atomic mass is 10.1. The van der Waals surface area contributed by atoms with E-state index in [4.69, 9.17) is 9.47 Å². The van der Waals surface area contributed by atoms with Gasteiger partial charge in [0, 0.05) is 10.9 Å². The van der Waals surface area contributed by atoms with Crippen LogP contribution in [0.4, 0.5) is 0 Å². The Labute approximate surface area is 122 Å². The van der Waals surface area contributed by atoms with Gasteiger partial charge < -0.3 is 14.5 Å². The first-order valence-electron chi connectivity index (χ1n) is 6.58. The smallest absolute Gasteiger partial charge is 0.256 e. The molecule has 1 N–H and O–H groups in total. The lowest BCUT2D eigenvalue weighted by Gasteiger charge is -2.12. The van der Waals surface area contributed by atoms with Crippen LogP contribution in [0.25, 0.3) is 22.0 Å². The van der Waals surface area contributed by atoms with Gasteiger partial charge in [-0.05, 0) is 29.7 Å². The van der Waals surface area contributed by atoms with Crippen LogP contribution in [0.1, 0.15) is 0 Å². The maximum Gasteiger partial charge on any atom is 0.256 e. The van der Waals surface area contributed by atoms with Gasteiger partial charge in [-0.2, -0.15) is 0 Å². The molecule has 0 saturated carbocycles. The molecule has 106 valence electrons. The van der Waals surface area contributed by atoms with Crippen molar-refractivity contribution in [3.8, 4) is 22.8 Å². The summed E-state index contributed by atoms with van der Waals surface area (Å²) in [4.78, 5) is 15.1. The molecular weight excluding hydrogens is 266 g/mol. The Morgan fingerprint density at radius 3 is 2.52 bits per heavy atom. The van der Waals surface area contributed by atoms with Gasteiger partial charge in [-0.15, -0.1) is 0 Å². The number of nitrogens with one attached hydrogen (secondary N) is 1. The quantitative estimate of drug-likeness (QED) is 0.802. The molecule has 0 bridgehead atoms. The Bertz CT molecular complexity index is 852. The van der Waals surface area contributed by atoms with Gasteiger partial charge in [0.25, 0.3) is 5.56 Å². The van der Waals surface area contributed by atoms with Crippen molar-refractivity contribution in [3.05, 3.63) is 58.9 Å². The van der Waals surface area contributed by atoms with Crippen LogP contribution in [0, 0.1) is 0 Å². The third-order valence-corrected chi connectivity index (χ3v) is 3.45. The molecule has 0 atom stereocenters. The van der Waals surface area contributed by atoms with Gasteiger partial charge in [0.2, 0.25) is 0 Å². The number of aromatic amines is 1. The van der Waals surface area contributed by atoms with Crippen LogP contribution in [0.3, 0.4) is 0 Å². The van der Waals surface area contributed by atoms with Gasteiger partial charge in [-0.3, -0.25) is 4.79 Å². The van der Waals surface area contributed by atoms with Crippen LogP contribution < -0.4 is 15.0 Å². The van der Waals surface area contributed by atoms with E-state index in [1.54, 1.807) is 20.3 Å². The number of aromatic nitrogens is 1. The van der Waals surface area contributed by atoms with E-state index in [0.29, 0.717) is 22.6 Å². The topological polar surface area (TPSA) is 51.3 Å². The van der Waals surface area contributed by atoms with Crippen LogP contribution in [0.15, 0.2) is 53.3 Å². The van der Waals surface area contributed by atoms with Crippen LogP contribution in [-0.4, -0.2) is 19.2 Å². The van der Waals surface area contributed by atoms with Gasteiger partial charge >= 0.3 is 0 Å². The minimum absolute atomic E-state index is 0.118. The van der Waals surface area contributed by atoms with Crippen molar-refractivity contribution in [3.63, 3.8) is 0 Å². The molecule has 1 heterocycles. The Morgan fingerprint density at radius 1 is 0.952 bits per heavy atom. The molecule has 0 spiro atoms. The van der Waals surface area contributed by atoms with Gasteiger partial charge in [0.15, 0.2) is 11.5 Å². The minimum atomic E-state index is -0.118. The lowest BCUT2D eigenvalue weighted by molar-refractivity contribution is 0.356. The molecule has 2 aromatic carbocycles. The summed E-state index contributed by atoms with van der Waals surface area (Å²) in [5.41, 5.74) is 1.38. The fraction of sp³-hybridized carbons (Fsp3) is 0.118. The van der Waals surface area contributed by atoms with E-state index in [1.165, 1.54) is 0 Å². The number of fused-ring (bicyclic) bond motifs is 1. The highest BCUT2D eigenvalue weighted by atomic mass is 16.5. The van der Waals surface area contributed by atoms with E-state index in [1.807, 2.05) is 42.5 Å². The molecular formula is C17H15NO3. The molecule has 0 fully saturated rings. The Hall–Kier alpha value is -2.75. The first-order chi connectivity index (χ1) is 10.2. The number of rotatable bonds is 3. The monoisotopic (exact) mass is 281 g/mol. The van der Waals surface area contributed by atoms with Crippen molar-refractivity contribution in [2.24, 2.45) is 0 Å². The summed E-state index contributed by atoms with van der Waals surface area (Å²) in [7, 11) is 3.17. The first kappa shape index (κ1) is 13.2. The standard InChI is InChI=1S/C17H15NO3/c1-20-15-9-5-8-13(16(15)21-2)14-10-11-6-3-4-7-12(11)17(19)18-14/h3-10H,1-2H3,(H,18,19). The molecule has 0 unspecified atom stereocenters. The Morgan fingerprint density at radius 2 is 1.76 bits per heavy atom. The van der Waals surface area contributed by atoms with Gasteiger partial charge in [-0.1, -0.05) is 24.3 Å². The second-order valence-electron chi connectivity index (χ2n) is 4.64. The molecule has 0 aliphatic carbocycles. The summed E-state index contributed by atoms with van der Waals surface area (Å²) >= 11 is 0. The summed E-state index contributed by atoms with van der Waals surface area (Å²) in [5.74, 6) is 1.23. The largest absolute Gasteiger partial charge is 0.493 e. The summed E-state index contributed by atoms with van der Waals surface area (Å²) in [6, 6.07) is 15.0. The number of pyridine rings is 1. The summed E-state index contributed by atoms with van der Waals surface area (Å²) in [6.45, 7) is 0. The molecule has 1 aromatic heterocycles. The molecule has 0 amide bonds. The molecule has 0 radical (unpaired) electrons. The van der Waals surface area contributed by atoms with Crippen molar-refractivity contribution in [2.45, 2.75) is 0 Å². The average Bonchev–Trinajstić information content (AvgIpc) is 2.54. The van der Waals surface area contributed by atoms with Crippen molar-refractivity contribution in [1.82, 2.24) is 4.98 Å². The second kappa shape index (κ2) is 5.32. The second-order valence-corrected chi connectivity index (χ2v) is 4.64. The van der Waals surface area contributed by atoms with Crippen LogP contribution in [-0.2, 0) is 0 Å². The van der Waals surface area contributed by atoms with Gasteiger partial charge in [0.1, 0.15) is 0 Å². The zero-order valence-corrected chi connectivity index (χ0v) is 11.8. The summed E-state index contributed by atoms with van der Waals surface area (Å²) in [5, 5.41) is 1.56. The molecule has 3 rings (SSSR count). The fourth-order valence-electron chi connectivity index (χ4n) is 2.46. The van der Waals surface area contributed by atoms with E-state index in [2.05, 4.69) is 4.98 Å². The number of benzene rings is 2. The van der Waals surface area contributed by atoms with Crippen molar-refractivity contribution in [2.75, 3.05) is 14.2 Å². The molecule has 3 aromatic rings. The van der Waals surface area contributed by atoms with Crippen LogP contribution >= 0.6 is 0 Å². The van der Waals surface area contributed by atoms with Crippen LogP contribution in [0.2, 0.25) is 0 Å². The highest BCUT2D eigenvalue weighted by Gasteiger charge is 2.13.